The van der Waals surface area contributed by atoms with Crippen LogP contribution in [0.15, 0.2) is 54.6 Å². The van der Waals surface area contributed by atoms with Gasteiger partial charge < -0.3 is 9.88 Å². The summed E-state index contributed by atoms with van der Waals surface area (Å²) in [5.41, 5.74) is 3.16. The molecule has 0 aliphatic rings. The van der Waals surface area contributed by atoms with Crippen LogP contribution < -0.4 is 5.32 Å². The van der Waals surface area contributed by atoms with Gasteiger partial charge in [0.1, 0.15) is 5.82 Å². The topological polar surface area (TPSA) is 46.9 Å². The van der Waals surface area contributed by atoms with E-state index in [9.17, 15) is 4.79 Å². The number of rotatable bonds is 8. The highest BCUT2D eigenvalue weighted by atomic mass is 16.1. The Hall–Kier alpha value is -2.62. The van der Waals surface area contributed by atoms with Crippen LogP contribution in [-0.2, 0) is 24.3 Å². The van der Waals surface area contributed by atoms with Gasteiger partial charge in [0.15, 0.2) is 0 Å². The number of fused-ring (bicyclic) bond motifs is 1. The number of nitrogens with one attached hydrogen (secondary N) is 1. The maximum absolute atomic E-state index is 12.2. The van der Waals surface area contributed by atoms with Gasteiger partial charge in [-0.15, -0.1) is 0 Å². The minimum absolute atomic E-state index is 0.0263. The fraction of sp³-hybridized carbons (Fsp3) is 0.333. The van der Waals surface area contributed by atoms with E-state index in [0.29, 0.717) is 13.0 Å². The molecule has 4 nitrogen and oxygen atoms in total. The number of aromatic nitrogens is 2. The molecule has 0 bridgehead atoms. The third-order valence-corrected chi connectivity index (χ3v) is 4.37. The fourth-order valence-electron chi connectivity index (χ4n) is 3.05. The van der Waals surface area contributed by atoms with Crippen molar-refractivity contribution in [2.24, 2.45) is 0 Å². The molecule has 1 heterocycles. The van der Waals surface area contributed by atoms with Crippen LogP contribution in [-0.4, -0.2) is 15.5 Å². The lowest BCUT2D eigenvalue weighted by atomic mass is 10.1. The van der Waals surface area contributed by atoms with Crippen LogP contribution >= 0.6 is 0 Å². The van der Waals surface area contributed by atoms with E-state index in [1.54, 1.807) is 0 Å². The molecule has 0 fully saturated rings. The molecule has 3 rings (SSSR count). The summed E-state index contributed by atoms with van der Waals surface area (Å²) in [6.07, 6.45) is 3.92. The minimum Gasteiger partial charge on any atom is -0.349 e. The first kappa shape index (κ1) is 17.2. The number of aryl methyl sites for hydroxylation is 1. The summed E-state index contributed by atoms with van der Waals surface area (Å²) in [6, 6.07) is 18.0. The molecule has 0 spiro atoms. The van der Waals surface area contributed by atoms with Crippen LogP contribution in [0.3, 0.4) is 0 Å². The average molecular weight is 335 g/mol. The third kappa shape index (κ3) is 4.47. The summed E-state index contributed by atoms with van der Waals surface area (Å²) in [7, 11) is 0. The Morgan fingerprint density at radius 1 is 1.04 bits per heavy atom. The molecule has 1 N–H and O–H groups in total. The van der Waals surface area contributed by atoms with E-state index in [2.05, 4.69) is 22.9 Å². The van der Waals surface area contributed by atoms with Gasteiger partial charge in [-0.1, -0.05) is 62.2 Å². The van der Waals surface area contributed by atoms with Crippen LogP contribution in [0, 0.1) is 0 Å². The standard InChI is InChI=1S/C21H25N3O/c1-2-3-9-14-24-19-13-8-7-12-18(19)23-20(24)16-22-21(25)15-17-10-5-4-6-11-17/h4-8,10-13H,2-3,9,14-16H2,1H3,(H,22,25). The Morgan fingerprint density at radius 2 is 1.80 bits per heavy atom. The molecule has 130 valence electrons. The monoisotopic (exact) mass is 335 g/mol. The van der Waals surface area contributed by atoms with Gasteiger partial charge in [-0.2, -0.15) is 0 Å². The molecule has 0 atom stereocenters. The Kier molecular flexibility index (Phi) is 5.83. The zero-order valence-corrected chi connectivity index (χ0v) is 14.7. The largest absolute Gasteiger partial charge is 0.349 e. The second-order valence-corrected chi connectivity index (χ2v) is 6.31. The molecular formula is C21H25N3O. The van der Waals surface area contributed by atoms with E-state index in [0.717, 1.165) is 35.4 Å². The molecule has 0 unspecified atom stereocenters. The van der Waals surface area contributed by atoms with Crippen LogP contribution in [0.4, 0.5) is 0 Å². The van der Waals surface area contributed by atoms with Crippen molar-refractivity contribution in [3.8, 4) is 0 Å². The highest BCUT2D eigenvalue weighted by molar-refractivity contribution is 5.79. The second-order valence-electron chi connectivity index (χ2n) is 6.31. The lowest BCUT2D eigenvalue weighted by molar-refractivity contribution is -0.120. The molecule has 1 amide bonds. The number of hydrogen-bond donors (Lipinski definition) is 1. The van der Waals surface area contributed by atoms with Gasteiger partial charge in [0.2, 0.25) is 5.91 Å². The zero-order valence-electron chi connectivity index (χ0n) is 14.7. The lowest BCUT2D eigenvalue weighted by Gasteiger charge is -2.10. The molecule has 1 aromatic heterocycles. The number of carbonyl (C=O) groups excluding carboxylic acids is 1. The number of amides is 1. The van der Waals surface area contributed by atoms with Gasteiger partial charge in [0, 0.05) is 6.54 Å². The highest BCUT2D eigenvalue weighted by Crippen LogP contribution is 2.17. The third-order valence-electron chi connectivity index (χ3n) is 4.37. The van der Waals surface area contributed by atoms with Gasteiger partial charge in [-0.25, -0.2) is 4.98 Å². The fourth-order valence-corrected chi connectivity index (χ4v) is 3.05. The number of unbranched alkanes of at least 4 members (excludes halogenated alkanes) is 2. The normalized spacial score (nSPS) is 10.9. The van der Waals surface area contributed by atoms with Gasteiger partial charge in [0.05, 0.1) is 24.0 Å². The van der Waals surface area contributed by atoms with Gasteiger partial charge in [0.25, 0.3) is 0 Å². The van der Waals surface area contributed by atoms with Crippen molar-refractivity contribution in [1.29, 1.82) is 0 Å². The Morgan fingerprint density at radius 3 is 2.60 bits per heavy atom. The van der Waals surface area contributed by atoms with Crippen molar-refractivity contribution in [1.82, 2.24) is 14.9 Å². The maximum Gasteiger partial charge on any atom is 0.224 e. The van der Waals surface area contributed by atoms with Gasteiger partial charge in [-0.05, 0) is 24.1 Å². The molecule has 0 saturated carbocycles. The van der Waals surface area contributed by atoms with E-state index < -0.39 is 0 Å². The average Bonchev–Trinajstić information content (AvgIpc) is 2.99. The van der Waals surface area contributed by atoms with Crippen LogP contribution in [0.1, 0.15) is 37.6 Å². The van der Waals surface area contributed by atoms with Crippen molar-refractivity contribution >= 4 is 16.9 Å². The molecule has 4 heteroatoms. The molecule has 0 aliphatic heterocycles. The zero-order chi connectivity index (χ0) is 17.5. The number of hydrogen-bond acceptors (Lipinski definition) is 2. The van der Waals surface area contributed by atoms with Crippen molar-refractivity contribution in [3.63, 3.8) is 0 Å². The Labute approximate surface area is 148 Å². The molecule has 25 heavy (non-hydrogen) atoms. The van der Waals surface area contributed by atoms with Crippen molar-refractivity contribution in [2.45, 2.75) is 45.7 Å². The van der Waals surface area contributed by atoms with E-state index in [-0.39, 0.29) is 5.91 Å². The Balaban J connectivity index is 1.69. The molecule has 2 aromatic carbocycles. The molecule has 3 aromatic rings. The molecule has 0 saturated heterocycles. The summed E-state index contributed by atoms with van der Waals surface area (Å²) in [5, 5.41) is 3.02. The quantitative estimate of drug-likeness (QED) is 0.630. The van der Waals surface area contributed by atoms with Crippen molar-refractivity contribution in [2.75, 3.05) is 0 Å². The van der Waals surface area contributed by atoms with E-state index in [1.165, 1.54) is 12.8 Å². The summed E-state index contributed by atoms with van der Waals surface area (Å²) in [5.74, 6) is 0.956. The summed E-state index contributed by atoms with van der Waals surface area (Å²) in [4.78, 5) is 16.9. The van der Waals surface area contributed by atoms with E-state index in [1.807, 2.05) is 48.5 Å². The highest BCUT2D eigenvalue weighted by Gasteiger charge is 2.11. The number of benzene rings is 2. The summed E-state index contributed by atoms with van der Waals surface area (Å²) in [6.45, 7) is 3.61. The maximum atomic E-state index is 12.2. The SMILES string of the molecule is CCCCCn1c(CNC(=O)Cc2ccccc2)nc2ccccc21. The predicted octanol–water partition coefficient (Wildman–Crippen LogP) is 4.09. The molecule has 0 aliphatic carbocycles. The first-order chi connectivity index (χ1) is 12.3. The first-order valence-corrected chi connectivity index (χ1v) is 9.02. The van der Waals surface area contributed by atoms with Crippen LogP contribution in [0.2, 0.25) is 0 Å². The van der Waals surface area contributed by atoms with Crippen molar-refractivity contribution in [3.05, 3.63) is 66.0 Å². The van der Waals surface area contributed by atoms with Crippen LogP contribution in [0.5, 0.6) is 0 Å². The van der Waals surface area contributed by atoms with E-state index in [4.69, 9.17) is 4.98 Å². The number of para-hydroxylation sites is 2. The lowest BCUT2D eigenvalue weighted by Crippen LogP contribution is -2.26. The molecular weight excluding hydrogens is 310 g/mol. The van der Waals surface area contributed by atoms with Crippen LogP contribution in [0.25, 0.3) is 11.0 Å². The first-order valence-electron chi connectivity index (χ1n) is 9.02. The second kappa shape index (κ2) is 8.47. The Bertz CT molecular complexity index is 824. The van der Waals surface area contributed by atoms with E-state index >= 15 is 0 Å². The van der Waals surface area contributed by atoms with Crippen molar-refractivity contribution < 1.29 is 4.79 Å². The molecule has 0 radical (unpaired) electrons. The smallest absolute Gasteiger partial charge is 0.224 e. The number of nitrogens with zero attached hydrogens (tertiary/aromatic N) is 2. The summed E-state index contributed by atoms with van der Waals surface area (Å²) >= 11 is 0. The number of carbonyl (C=O) groups is 1. The predicted molar refractivity (Wildman–Crippen MR) is 101 cm³/mol. The summed E-state index contributed by atoms with van der Waals surface area (Å²) < 4.78 is 2.24. The van der Waals surface area contributed by atoms with Gasteiger partial charge >= 0.3 is 0 Å². The number of imidazole rings is 1. The van der Waals surface area contributed by atoms with Gasteiger partial charge in [-0.3, -0.25) is 4.79 Å². The minimum atomic E-state index is 0.0263.